The lowest BCUT2D eigenvalue weighted by Crippen LogP contribution is -2.44. The van der Waals surface area contributed by atoms with Gasteiger partial charge in [-0.05, 0) is 72.6 Å². The van der Waals surface area contributed by atoms with E-state index in [0.717, 1.165) is 34.3 Å². The molecule has 0 amide bonds. The van der Waals surface area contributed by atoms with E-state index in [0.29, 0.717) is 29.3 Å². The van der Waals surface area contributed by atoms with Crippen molar-refractivity contribution in [2.24, 2.45) is 0 Å². The Balaban J connectivity index is 1.77. The average Bonchev–Trinajstić information content (AvgIpc) is 3.17. The lowest BCUT2D eigenvalue weighted by atomic mass is 9.86. The summed E-state index contributed by atoms with van der Waals surface area (Å²) in [6.07, 6.45) is 8.03. The monoisotopic (exact) mass is 494 g/mol. The van der Waals surface area contributed by atoms with Crippen molar-refractivity contribution in [3.8, 4) is 11.4 Å². The average molecular weight is 495 g/mol. The van der Waals surface area contributed by atoms with E-state index in [-0.39, 0.29) is 18.6 Å². The van der Waals surface area contributed by atoms with Crippen LogP contribution in [0, 0.1) is 0 Å². The van der Waals surface area contributed by atoms with Crippen LogP contribution >= 0.6 is 10.0 Å². The first-order valence-electron chi connectivity index (χ1n) is 12.2. The van der Waals surface area contributed by atoms with Gasteiger partial charge in [-0.15, -0.1) is 0 Å². The summed E-state index contributed by atoms with van der Waals surface area (Å²) in [5, 5.41) is 12.3. The predicted molar refractivity (Wildman–Crippen MR) is 143 cm³/mol. The van der Waals surface area contributed by atoms with Crippen LogP contribution in [-0.2, 0) is 34.7 Å². The first-order chi connectivity index (χ1) is 16.4. The molecule has 7 heteroatoms. The van der Waals surface area contributed by atoms with E-state index in [4.69, 9.17) is 9.72 Å². The van der Waals surface area contributed by atoms with Gasteiger partial charge in [-0.25, -0.2) is 19.8 Å². The van der Waals surface area contributed by atoms with Crippen molar-refractivity contribution < 1.29 is 14.6 Å². The van der Waals surface area contributed by atoms with E-state index in [1.807, 2.05) is 0 Å². The van der Waals surface area contributed by atoms with Crippen LogP contribution in [0.1, 0.15) is 60.9 Å². The lowest BCUT2D eigenvalue weighted by Gasteiger charge is -2.31. The highest BCUT2D eigenvalue weighted by atomic mass is 32.3. The number of nitrogens with zero attached hydrogens (tertiary/aromatic N) is 2. The minimum absolute atomic E-state index is 0.112. The molecule has 0 aliphatic carbocycles. The SMILES string of the molecule is CCC1(O)C(=O)OCc2c1cc1n(c2=O)Cc2c-1nc1ccc(C(C)C)cc1c2CCS(C)(C)C. The molecule has 0 saturated carbocycles. The Morgan fingerprint density at radius 2 is 1.91 bits per heavy atom. The summed E-state index contributed by atoms with van der Waals surface area (Å²) in [6, 6.07) is 8.27. The number of benzene rings is 1. The van der Waals surface area contributed by atoms with Crippen molar-refractivity contribution in [2.45, 2.75) is 58.3 Å². The summed E-state index contributed by atoms with van der Waals surface area (Å²) in [5.74, 6) is 0.797. The third kappa shape index (κ3) is 3.80. The van der Waals surface area contributed by atoms with Gasteiger partial charge in [0, 0.05) is 16.5 Å². The Hall–Kier alpha value is -2.64. The number of pyridine rings is 2. The number of rotatable bonds is 5. The maximum absolute atomic E-state index is 13.6. The van der Waals surface area contributed by atoms with Crippen molar-refractivity contribution in [2.75, 3.05) is 24.5 Å². The van der Waals surface area contributed by atoms with Crippen LogP contribution in [0.25, 0.3) is 22.3 Å². The van der Waals surface area contributed by atoms with Gasteiger partial charge in [-0.3, -0.25) is 4.79 Å². The summed E-state index contributed by atoms with van der Waals surface area (Å²) in [4.78, 5) is 31.1. The molecular weight excluding hydrogens is 460 g/mol. The Labute approximate surface area is 207 Å². The fourth-order valence-corrected chi connectivity index (χ4v) is 6.05. The van der Waals surface area contributed by atoms with Gasteiger partial charge in [0.05, 0.1) is 29.0 Å². The van der Waals surface area contributed by atoms with Gasteiger partial charge in [-0.1, -0.05) is 26.8 Å². The van der Waals surface area contributed by atoms with Gasteiger partial charge in [0.1, 0.15) is 6.61 Å². The van der Waals surface area contributed by atoms with Crippen LogP contribution in [0.5, 0.6) is 0 Å². The number of carbonyl (C=O) groups is 1. The van der Waals surface area contributed by atoms with Crippen molar-refractivity contribution in [3.63, 3.8) is 0 Å². The molecule has 1 N–H and O–H groups in total. The first-order valence-corrected chi connectivity index (χ1v) is 15.3. The molecule has 3 aromatic rings. The first kappa shape index (κ1) is 24.1. The number of esters is 1. The summed E-state index contributed by atoms with van der Waals surface area (Å²) < 4.78 is 6.95. The molecule has 1 atom stereocenters. The van der Waals surface area contributed by atoms with Crippen molar-refractivity contribution >= 4 is 26.9 Å². The molecule has 0 bridgehead atoms. The van der Waals surface area contributed by atoms with Crippen molar-refractivity contribution in [3.05, 3.63) is 62.4 Å². The third-order valence-corrected chi connectivity index (χ3v) is 8.89. The van der Waals surface area contributed by atoms with E-state index in [9.17, 15) is 14.7 Å². The number of aryl methyl sites for hydroxylation is 1. The van der Waals surface area contributed by atoms with E-state index in [1.165, 1.54) is 11.1 Å². The highest BCUT2D eigenvalue weighted by Gasteiger charge is 2.45. The zero-order valence-electron chi connectivity index (χ0n) is 21.4. The maximum Gasteiger partial charge on any atom is 0.343 e. The number of carbonyl (C=O) groups excluding carboxylic acids is 1. The lowest BCUT2D eigenvalue weighted by molar-refractivity contribution is -0.172. The Kier molecular flexibility index (Phi) is 5.64. The van der Waals surface area contributed by atoms with E-state index < -0.39 is 21.6 Å². The number of aromatic nitrogens is 2. The Bertz CT molecular complexity index is 1430. The Morgan fingerprint density at radius 1 is 1.17 bits per heavy atom. The summed E-state index contributed by atoms with van der Waals surface area (Å²) in [6.45, 7) is 6.44. The van der Waals surface area contributed by atoms with Crippen LogP contribution in [0.4, 0.5) is 0 Å². The fraction of sp³-hybridized carbons (Fsp3) is 0.464. The molecule has 0 fully saturated rings. The molecule has 0 spiro atoms. The molecule has 0 saturated heterocycles. The summed E-state index contributed by atoms with van der Waals surface area (Å²) >= 11 is 0. The van der Waals surface area contributed by atoms with E-state index in [2.05, 4.69) is 50.8 Å². The topological polar surface area (TPSA) is 81.4 Å². The smallest absolute Gasteiger partial charge is 0.343 e. The normalized spacial score (nSPS) is 19.5. The molecule has 1 unspecified atom stereocenters. The van der Waals surface area contributed by atoms with Crippen molar-refractivity contribution in [1.29, 1.82) is 0 Å². The third-order valence-electron chi connectivity index (χ3n) is 7.46. The molecule has 1 aromatic carbocycles. The molecule has 2 aliphatic heterocycles. The van der Waals surface area contributed by atoms with Gasteiger partial charge < -0.3 is 14.4 Å². The van der Waals surface area contributed by atoms with Crippen LogP contribution in [0.2, 0.25) is 0 Å². The van der Waals surface area contributed by atoms with Gasteiger partial charge in [0.2, 0.25) is 0 Å². The number of aliphatic hydroxyl groups is 1. The molecule has 2 aromatic heterocycles. The van der Waals surface area contributed by atoms with Gasteiger partial charge in [0.15, 0.2) is 5.60 Å². The molecule has 6 nitrogen and oxygen atoms in total. The molecule has 35 heavy (non-hydrogen) atoms. The number of hydrogen-bond acceptors (Lipinski definition) is 5. The molecule has 2 aliphatic rings. The highest BCUT2D eigenvalue weighted by molar-refractivity contribution is 8.32. The molecule has 0 radical (unpaired) electrons. The van der Waals surface area contributed by atoms with Gasteiger partial charge in [0.25, 0.3) is 5.56 Å². The van der Waals surface area contributed by atoms with Crippen LogP contribution in [0.3, 0.4) is 0 Å². The number of hydrogen-bond donors (Lipinski definition) is 1. The second-order valence-electron chi connectivity index (χ2n) is 11.0. The minimum atomic E-state index is -1.81. The Morgan fingerprint density at radius 3 is 2.57 bits per heavy atom. The summed E-state index contributed by atoms with van der Waals surface area (Å²) in [5.41, 5.74) is 4.67. The quantitative estimate of drug-likeness (QED) is 0.415. The fourth-order valence-electron chi connectivity index (χ4n) is 5.23. The van der Waals surface area contributed by atoms with Gasteiger partial charge >= 0.3 is 5.97 Å². The van der Waals surface area contributed by atoms with Gasteiger partial charge in [-0.2, -0.15) is 0 Å². The van der Waals surface area contributed by atoms with Crippen LogP contribution < -0.4 is 5.56 Å². The molecule has 5 rings (SSSR count). The number of cyclic esters (lactones) is 1. The second kappa shape index (κ2) is 8.20. The molecule has 186 valence electrons. The minimum Gasteiger partial charge on any atom is -0.458 e. The molecule has 4 heterocycles. The largest absolute Gasteiger partial charge is 0.458 e. The van der Waals surface area contributed by atoms with E-state index in [1.54, 1.807) is 17.6 Å². The second-order valence-corrected chi connectivity index (χ2v) is 15.6. The van der Waals surface area contributed by atoms with E-state index >= 15 is 0 Å². The maximum atomic E-state index is 13.6. The highest BCUT2D eigenvalue weighted by Crippen LogP contribution is 2.42. The van der Waals surface area contributed by atoms with Crippen LogP contribution in [0.15, 0.2) is 29.1 Å². The zero-order chi connectivity index (χ0) is 25.3. The van der Waals surface area contributed by atoms with Crippen molar-refractivity contribution in [1.82, 2.24) is 9.55 Å². The van der Waals surface area contributed by atoms with Crippen LogP contribution in [-0.4, -0.2) is 45.1 Å². The molecular formula is C28H34N2O4S. The summed E-state index contributed by atoms with van der Waals surface area (Å²) in [7, 11) is -0.724. The predicted octanol–water partition coefficient (Wildman–Crippen LogP) is 4.44. The number of fused-ring (bicyclic) bond motifs is 5. The number of ether oxygens (including phenoxy) is 1. The standard InChI is InChI=1S/C28H34N2O4S/c1-7-28(33)22-13-24-25-20(14-30(24)26(31)21(22)15-34-27(28)32)18(10-11-35(4,5)6)19-12-17(16(2)3)8-9-23(19)29-25/h8-9,12-13,16,33H,7,10-11,14-15H2,1-6H3. The zero-order valence-corrected chi connectivity index (χ0v) is 22.2.